The molecule has 2 heterocycles. The standard InChI is InChI=1S/C13H19N3O3S/c1-3-19-11(17)10-9(2)14-12(20-10)15-13(18)16-7-5-4-6-8-16/h3-8H2,1-2H3,(H,14,15,18). The summed E-state index contributed by atoms with van der Waals surface area (Å²) in [6.07, 6.45) is 3.25. The molecule has 20 heavy (non-hydrogen) atoms. The van der Waals surface area contributed by atoms with Crippen LogP contribution in [-0.2, 0) is 4.74 Å². The third kappa shape index (κ3) is 3.47. The van der Waals surface area contributed by atoms with Gasteiger partial charge in [-0.3, -0.25) is 5.32 Å². The molecule has 0 radical (unpaired) electrons. The van der Waals surface area contributed by atoms with Crippen molar-refractivity contribution in [2.45, 2.75) is 33.1 Å². The average molecular weight is 297 g/mol. The quantitative estimate of drug-likeness (QED) is 0.871. The molecule has 0 aromatic carbocycles. The highest BCUT2D eigenvalue weighted by Gasteiger charge is 2.20. The van der Waals surface area contributed by atoms with Gasteiger partial charge >= 0.3 is 12.0 Å². The van der Waals surface area contributed by atoms with Crippen LogP contribution in [0, 0.1) is 6.92 Å². The SMILES string of the molecule is CCOC(=O)c1sc(NC(=O)N2CCCCC2)nc1C. The topological polar surface area (TPSA) is 71.5 Å². The van der Waals surface area contributed by atoms with Gasteiger partial charge in [-0.25, -0.2) is 14.6 Å². The first-order valence-electron chi connectivity index (χ1n) is 6.82. The Hall–Kier alpha value is -1.63. The van der Waals surface area contributed by atoms with Crippen LogP contribution in [0.25, 0.3) is 0 Å². The largest absolute Gasteiger partial charge is 0.462 e. The molecule has 0 unspecified atom stereocenters. The maximum Gasteiger partial charge on any atom is 0.350 e. The fraction of sp³-hybridized carbons (Fsp3) is 0.615. The lowest BCUT2D eigenvalue weighted by atomic mass is 10.1. The molecule has 1 saturated heterocycles. The van der Waals surface area contributed by atoms with Gasteiger partial charge < -0.3 is 9.64 Å². The van der Waals surface area contributed by atoms with Gasteiger partial charge in [-0.15, -0.1) is 0 Å². The summed E-state index contributed by atoms with van der Waals surface area (Å²) in [5, 5.41) is 3.20. The Morgan fingerprint density at radius 3 is 2.70 bits per heavy atom. The number of thiazole rings is 1. The zero-order chi connectivity index (χ0) is 14.5. The Kier molecular flexibility index (Phi) is 4.94. The van der Waals surface area contributed by atoms with Crippen molar-refractivity contribution < 1.29 is 14.3 Å². The van der Waals surface area contributed by atoms with E-state index in [2.05, 4.69) is 10.3 Å². The van der Waals surface area contributed by atoms with E-state index in [4.69, 9.17) is 4.74 Å². The number of rotatable bonds is 3. The molecule has 110 valence electrons. The molecule has 2 amide bonds. The monoisotopic (exact) mass is 297 g/mol. The molecule has 0 atom stereocenters. The second-order valence-corrected chi connectivity index (χ2v) is 5.63. The summed E-state index contributed by atoms with van der Waals surface area (Å²) < 4.78 is 4.95. The molecule has 2 rings (SSSR count). The second-order valence-electron chi connectivity index (χ2n) is 4.63. The van der Waals surface area contributed by atoms with Crippen molar-refractivity contribution in [1.82, 2.24) is 9.88 Å². The van der Waals surface area contributed by atoms with Crippen LogP contribution in [0.4, 0.5) is 9.93 Å². The fourth-order valence-corrected chi connectivity index (χ4v) is 2.95. The van der Waals surface area contributed by atoms with E-state index in [9.17, 15) is 9.59 Å². The Bertz CT molecular complexity index is 495. The van der Waals surface area contributed by atoms with E-state index >= 15 is 0 Å². The maximum absolute atomic E-state index is 12.0. The van der Waals surface area contributed by atoms with E-state index in [1.807, 2.05) is 0 Å². The number of anilines is 1. The number of piperidine rings is 1. The number of nitrogens with zero attached hydrogens (tertiary/aromatic N) is 2. The van der Waals surface area contributed by atoms with Crippen molar-refractivity contribution in [2.75, 3.05) is 25.0 Å². The van der Waals surface area contributed by atoms with Crippen LogP contribution in [-0.4, -0.2) is 41.6 Å². The van der Waals surface area contributed by atoms with Crippen LogP contribution in [0.3, 0.4) is 0 Å². The number of carbonyl (C=O) groups is 2. The first-order chi connectivity index (χ1) is 9.61. The number of aromatic nitrogens is 1. The highest BCUT2D eigenvalue weighted by Crippen LogP contribution is 2.24. The number of carbonyl (C=O) groups excluding carboxylic acids is 2. The summed E-state index contributed by atoms with van der Waals surface area (Å²) in [6, 6.07) is -0.145. The lowest BCUT2D eigenvalue weighted by Gasteiger charge is -2.26. The fourth-order valence-electron chi connectivity index (χ4n) is 2.10. The molecule has 1 aromatic rings. The number of urea groups is 1. The Morgan fingerprint density at radius 2 is 2.05 bits per heavy atom. The van der Waals surface area contributed by atoms with Gasteiger partial charge in [0.25, 0.3) is 0 Å². The first-order valence-corrected chi connectivity index (χ1v) is 7.64. The van der Waals surface area contributed by atoms with Gasteiger partial charge in [0.15, 0.2) is 5.13 Å². The van der Waals surface area contributed by atoms with E-state index in [1.54, 1.807) is 18.7 Å². The predicted molar refractivity (Wildman–Crippen MR) is 77.3 cm³/mol. The van der Waals surface area contributed by atoms with E-state index in [1.165, 1.54) is 6.42 Å². The van der Waals surface area contributed by atoms with Gasteiger partial charge in [-0.2, -0.15) is 0 Å². The highest BCUT2D eigenvalue weighted by molar-refractivity contribution is 7.17. The number of esters is 1. The van der Waals surface area contributed by atoms with Crippen molar-refractivity contribution in [3.05, 3.63) is 10.6 Å². The van der Waals surface area contributed by atoms with Gasteiger partial charge in [0.1, 0.15) is 4.88 Å². The molecule has 1 aliphatic heterocycles. The van der Waals surface area contributed by atoms with Gasteiger partial charge in [0, 0.05) is 13.1 Å². The molecule has 0 bridgehead atoms. The normalized spacial score (nSPS) is 15.0. The van der Waals surface area contributed by atoms with E-state index in [-0.39, 0.29) is 12.0 Å². The molecule has 1 aliphatic rings. The minimum atomic E-state index is -0.388. The van der Waals surface area contributed by atoms with Gasteiger partial charge in [-0.1, -0.05) is 11.3 Å². The van der Waals surface area contributed by atoms with Crippen molar-refractivity contribution in [3.8, 4) is 0 Å². The number of aryl methyl sites for hydroxylation is 1. The Balaban J connectivity index is 2.01. The highest BCUT2D eigenvalue weighted by atomic mass is 32.1. The van der Waals surface area contributed by atoms with Gasteiger partial charge in [0.05, 0.1) is 12.3 Å². The molecule has 1 fully saturated rings. The maximum atomic E-state index is 12.0. The second kappa shape index (κ2) is 6.69. The molecule has 1 aromatic heterocycles. The third-order valence-electron chi connectivity index (χ3n) is 3.11. The number of hydrogen-bond donors (Lipinski definition) is 1. The van der Waals surface area contributed by atoms with Crippen LogP contribution in [0.2, 0.25) is 0 Å². The van der Waals surface area contributed by atoms with Crippen LogP contribution in [0.1, 0.15) is 41.6 Å². The van der Waals surface area contributed by atoms with Crippen molar-refractivity contribution in [2.24, 2.45) is 0 Å². The summed E-state index contributed by atoms with van der Waals surface area (Å²) in [4.78, 5) is 30.2. The summed E-state index contributed by atoms with van der Waals surface area (Å²) >= 11 is 1.16. The lowest BCUT2D eigenvalue weighted by molar-refractivity contribution is 0.0531. The predicted octanol–water partition coefficient (Wildman–Crippen LogP) is 2.65. The number of hydrogen-bond acceptors (Lipinski definition) is 5. The minimum Gasteiger partial charge on any atom is -0.462 e. The molecule has 0 saturated carbocycles. The molecular weight excluding hydrogens is 278 g/mol. The molecule has 1 N–H and O–H groups in total. The molecule has 6 nitrogen and oxygen atoms in total. The number of likely N-dealkylation sites (tertiary alicyclic amines) is 1. The number of nitrogens with one attached hydrogen (secondary N) is 1. The Labute approximate surface area is 122 Å². The average Bonchev–Trinajstić information content (AvgIpc) is 2.81. The van der Waals surface area contributed by atoms with Crippen LogP contribution in [0.15, 0.2) is 0 Å². The molecule has 0 aliphatic carbocycles. The van der Waals surface area contributed by atoms with Crippen LogP contribution < -0.4 is 5.32 Å². The zero-order valence-corrected chi connectivity index (χ0v) is 12.6. The number of amides is 2. The van der Waals surface area contributed by atoms with Crippen molar-refractivity contribution >= 4 is 28.5 Å². The molecular formula is C13H19N3O3S. The summed E-state index contributed by atoms with van der Waals surface area (Å²) in [6.45, 7) is 5.38. The van der Waals surface area contributed by atoms with Crippen molar-refractivity contribution in [3.63, 3.8) is 0 Å². The molecule has 0 spiro atoms. The lowest BCUT2D eigenvalue weighted by Crippen LogP contribution is -2.38. The third-order valence-corrected chi connectivity index (χ3v) is 4.17. The Morgan fingerprint density at radius 1 is 1.35 bits per heavy atom. The van der Waals surface area contributed by atoms with Crippen LogP contribution >= 0.6 is 11.3 Å². The van der Waals surface area contributed by atoms with E-state index < -0.39 is 0 Å². The van der Waals surface area contributed by atoms with Gasteiger partial charge in [-0.05, 0) is 33.1 Å². The summed E-state index contributed by atoms with van der Waals surface area (Å²) in [5.41, 5.74) is 0.586. The number of ether oxygens (including phenoxy) is 1. The smallest absolute Gasteiger partial charge is 0.350 e. The minimum absolute atomic E-state index is 0.145. The summed E-state index contributed by atoms with van der Waals surface area (Å²) in [7, 11) is 0. The summed E-state index contributed by atoms with van der Waals surface area (Å²) in [5.74, 6) is -0.388. The van der Waals surface area contributed by atoms with Crippen LogP contribution in [0.5, 0.6) is 0 Å². The van der Waals surface area contributed by atoms with E-state index in [0.717, 1.165) is 37.3 Å². The first kappa shape index (κ1) is 14.8. The van der Waals surface area contributed by atoms with E-state index in [0.29, 0.717) is 22.3 Å². The van der Waals surface area contributed by atoms with Gasteiger partial charge in [0.2, 0.25) is 0 Å². The van der Waals surface area contributed by atoms with Crippen molar-refractivity contribution in [1.29, 1.82) is 0 Å². The zero-order valence-electron chi connectivity index (χ0n) is 11.8. The molecule has 7 heteroatoms.